The van der Waals surface area contributed by atoms with Crippen molar-refractivity contribution in [3.05, 3.63) is 174 Å². The van der Waals surface area contributed by atoms with Crippen LogP contribution >= 0.6 is 0 Å². The van der Waals surface area contributed by atoms with E-state index in [0.717, 1.165) is 44.9 Å². The molecule has 7 aromatic rings. The summed E-state index contributed by atoms with van der Waals surface area (Å²) in [5.74, 6) is 0.135. The van der Waals surface area contributed by atoms with Crippen LogP contribution in [0.25, 0.3) is 49.7 Å². The molecule has 0 saturated carbocycles. The lowest BCUT2D eigenvalue weighted by Crippen LogP contribution is -2.29. The van der Waals surface area contributed by atoms with E-state index in [2.05, 4.69) is 156 Å². The summed E-state index contributed by atoms with van der Waals surface area (Å²) in [6, 6.07) is 49.3. The van der Waals surface area contributed by atoms with Gasteiger partial charge in [-0.25, -0.2) is 0 Å². The van der Waals surface area contributed by atoms with Crippen molar-refractivity contribution in [2.75, 3.05) is 4.90 Å². The van der Waals surface area contributed by atoms with Crippen LogP contribution in [0.4, 0.5) is 11.4 Å². The molecule has 4 nitrogen and oxygen atoms in total. The van der Waals surface area contributed by atoms with Gasteiger partial charge in [-0.05, 0) is 95.4 Å². The molecule has 0 amide bonds. The van der Waals surface area contributed by atoms with Gasteiger partial charge in [0.25, 0.3) is 0 Å². The maximum absolute atomic E-state index is 9.97. The van der Waals surface area contributed by atoms with Gasteiger partial charge in [0, 0.05) is 39.3 Å². The molecule has 4 heteroatoms. The Morgan fingerprint density at radius 1 is 0.592 bits per heavy atom. The van der Waals surface area contributed by atoms with E-state index < -0.39 is 0 Å². The minimum Gasteiger partial charge on any atom is -0.333 e. The topological polar surface area (TPSA) is 55.8 Å². The molecule has 0 spiro atoms. The van der Waals surface area contributed by atoms with Crippen molar-refractivity contribution in [2.45, 2.75) is 18.9 Å². The Kier molecular flexibility index (Phi) is 6.57. The molecule has 6 aromatic carbocycles. The molecule has 2 atom stereocenters. The molecule has 2 unspecified atom stereocenters. The maximum Gasteiger partial charge on any atom is 0.0991 e. The molecule has 1 aliphatic heterocycles. The lowest BCUT2D eigenvalue weighted by atomic mass is 9.90. The first-order valence-electron chi connectivity index (χ1n) is 16.6. The fourth-order valence-corrected chi connectivity index (χ4v) is 7.89. The summed E-state index contributed by atoms with van der Waals surface area (Å²) >= 11 is 0. The molecule has 0 fully saturated rings. The molecule has 0 radical (unpaired) electrons. The van der Waals surface area contributed by atoms with Gasteiger partial charge in [0.15, 0.2) is 0 Å². The highest BCUT2D eigenvalue weighted by Crippen LogP contribution is 2.50. The number of nitrogens with zero attached hydrogens (tertiary/aromatic N) is 4. The Bertz CT molecular complexity index is 2620. The van der Waals surface area contributed by atoms with E-state index in [-0.39, 0.29) is 12.0 Å². The second-order valence-corrected chi connectivity index (χ2v) is 12.8. The number of aryl methyl sites for hydroxylation is 1. The lowest BCUT2D eigenvalue weighted by Gasteiger charge is -2.30. The molecule has 1 aromatic heterocycles. The van der Waals surface area contributed by atoms with Gasteiger partial charge in [0.2, 0.25) is 0 Å². The Balaban J connectivity index is 1.18. The van der Waals surface area contributed by atoms with E-state index in [1.165, 1.54) is 27.4 Å². The predicted molar refractivity (Wildman–Crippen MR) is 199 cm³/mol. The standard InChI is InChI=1S/C45H30N4/c1-29-9-6-16-38-36-14-2-4-17-41(36)48(45(29)38)35-13-8-11-33(26-35)32-10-7-12-34(25-32)39-23-30(27-46)19-21-43(39)49-42-18-5-3-15-37(42)40-24-31(28-47)20-22-44(40)49/h2-26,37,42H,1H3. The third-order valence-electron chi connectivity index (χ3n) is 10.1. The highest BCUT2D eigenvalue weighted by molar-refractivity contribution is 6.10. The predicted octanol–water partition coefficient (Wildman–Crippen LogP) is 10.9. The van der Waals surface area contributed by atoms with Gasteiger partial charge in [-0.2, -0.15) is 10.5 Å². The molecule has 49 heavy (non-hydrogen) atoms. The monoisotopic (exact) mass is 626 g/mol. The number of aromatic nitrogens is 1. The molecule has 2 aliphatic rings. The second kappa shape index (κ2) is 11.3. The van der Waals surface area contributed by atoms with Gasteiger partial charge in [0.05, 0.1) is 40.3 Å². The molecular weight excluding hydrogens is 597 g/mol. The fourth-order valence-electron chi connectivity index (χ4n) is 7.89. The Labute approximate surface area is 285 Å². The van der Waals surface area contributed by atoms with Gasteiger partial charge < -0.3 is 9.47 Å². The van der Waals surface area contributed by atoms with Crippen molar-refractivity contribution in [3.8, 4) is 40.1 Å². The highest BCUT2D eigenvalue weighted by Gasteiger charge is 2.38. The Morgan fingerprint density at radius 3 is 2.14 bits per heavy atom. The molecular formula is C45H30N4. The van der Waals surface area contributed by atoms with Gasteiger partial charge in [-0.3, -0.25) is 0 Å². The molecule has 9 rings (SSSR count). The van der Waals surface area contributed by atoms with Gasteiger partial charge in [0.1, 0.15) is 0 Å². The normalized spacial score (nSPS) is 16.0. The summed E-state index contributed by atoms with van der Waals surface area (Å²) in [6.07, 6.45) is 8.64. The zero-order valence-corrected chi connectivity index (χ0v) is 26.9. The Morgan fingerprint density at radius 2 is 1.29 bits per heavy atom. The smallest absolute Gasteiger partial charge is 0.0991 e. The molecule has 2 heterocycles. The second-order valence-electron chi connectivity index (χ2n) is 12.8. The fraction of sp³-hybridized carbons (Fsp3) is 0.0667. The van der Waals surface area contributed by atoms with Crippen LogP contribution < -0.4 is 4.90 Å². The van der Waals surface area contributed by atoms with Crippen molar-refractivity contribution in [1.82, 2.24) is 4.57 Å². The number of rotatable bonds is 4. The molecule has 0 saturated heterocycles. The SMILES string of the molecule is Cc1cccc2c3ccccc3n(-c3cccc(-c4cccc(-c5cc(C#N)ccc5N5c6ccc(C#N)cc6C6C=CC=CC65)c4)c3)c12. The summed E-state index contributed by atoms with van der Waals surface area (Å²) in [5.41, 5.74) is 13.6. The number of hydrogen-bond donors (Lipinski definition) is 0. The highest BCUT2D eigenvalue weighted by atomic mass is 15.2. The average molecular weight is 627 g/mol. The first-order valence-corrected chi connectivity index (χ1v) is 16.6. The molecule has 0 bridgehead atoms. The number of nitriles is 2. The van der Waals surface area contributed by atoms with Crippen molar-refractivity contribution in [1.29, 1.82) is 10.5 Å². The number of allylic oxidation sites excluding steroid dienone is 2. The Hall–Kier alpha value is -6.62. The quantitative estimate of drug-likeness (QED) is 0.195. The van der Waals surface area contributed by atoms with Crippen LogP contribution in [-0.2, 0) is 0 Å². The van der Waals surface area contributed by atoms with E-state index in [1.807, 2.05) is 24.3 Å². The van der Waals surface area contributed by atoms with Crippen LogP contribution in [0.5, 0.6) is 0 Å². The zero-order valence-electron chi connectivity index (χ0n) is 26.9. The van der Waals surface area contributed by atoms with E-state index in [4.69, 9.17) is 0 Å². The zero-order chi connectivity index (χ0) is 33.1. The molecule has 230 valence electrons. The van der Waals surface area contributed by atoms with Crippen LogP contribution in [0.1, 0.15) is 28.2 Å². The summed E-state index contributed by atoms with van der Waals surface area (Å²) in [7, 11) is 0. The minimum absolute atomic E-state index is 0.0650. The minimum atomic E-state index is 0.0650. The number of hydrogen-bond acceptors (Lipinski definition) is 3. The third kappa shape index (κ3) is 4.50. The van der Waals surface area contributed by atoms with Gasteiger partial charge in [-0.15, -0.1) is 0 Å². The van der Waals surface area contributed by atoms with Crippen molar-refractivity contribution >= 4 is 33.2 Å². The van der Waals surface area contributed by atoms with Crippen LogP contribution in [-0.4, -0.2) is 10.6 Å². The molecule has 1 aliphatic carbocycles. The van der Waals surface area contributed by atoms with Gasteiger partial charge in [-0.1, -0.05) is 91.0 Å². The summed E-state index contributed by atoms with van der Waals surface area (Å²) < 4.78 is 2.38. The van der Waals surface area contributed by atoms with Gasteiger partial charge >= 0.3 is 0 Å². The third-order valence-corrected chi connectivity index (χ3v) is 10.1. The number of para-hydroxylation sites is 2. The summed E-state index contributed by atoms with van der Waals surface area (Å²) in [6.45, 7) is 2.18. The first-order chi connectivity index (χ1) is 24.1. The summed E-state index contributed by atoms with van der Waals surface area (Å²) in [4.78, 5) is 2.37. The largest absolute Gasteiger partial charge is 0.333 e. The number of anilines is 2. The van der Waals surface area contributed by atoms with Crippen molar-refractivity contribution in [2.24, 2.45) is 0 Å². The van der Waals surface area contributed by atoms with Crippen LogP contribution in [0.3, 0.4) is 0 Å². The first kappa shape index (κ1) is 28.6. The van der Waals surface area contributed by atoms with E-state index in [1.54, 1.807) is 0 Å². The van der Waals surface area contributed by atoms with E-state index >= 15 is 0 Å². The molecule has 0 N–H and O–H groups in total. The van der Waals surface area contributed by atoms with Crippen molar-refractivity contribution < 1.29 is 0 Å². The number of benzene rings is 6. The van der Waals surface area contributed by atoms with Crippen LogP contribution in [0, 0.1) is 29.6 Å². The van der Waals surface area contributed by atoms with Crippen molar-refractivity contribution in [3.63, 3.8) is 0 Å². The number of fused-ring (bicyclic) bond motifs is 6. The van der Waals surface area contributed by atoms with Crippen LogP contribution in [0.2, 0.25) is 0 Å². The van der Waals surface area contributed by atoms with Crippen LogP contribution in [0.15, 0.2) is 152 Å². The lowest BCUT2D eigenvalue weighted by molar-refractivity contribution is 0.745. The summed E-state index contributed by atoms with van der Waals surface area (Å²) in [5, 5.41) is 22.1. The van der Waals surface area contributed by atoms with E-state index in [9.17, 15) is 10.5 Å². The maximum atomic E-state index is 9.97. The average Bonchev–Trinajstić information content (AvgIpc) is 3.68. The van der Waals surface area contributed by atoms with E-state index in [0.29, 0.717) is 11.1 Å².